The van der Waals surface area contributed by atoms with Gasteiger partial charge < -0.3 is 36.9 Å². The van der Waals surface area contributed by atoms with Gasteiger partial charge in [0.25, 0.3) is 0 Å². The van der Waals surface area contributed by atoms with Gasteiger partial charge in [0.1, 0.15) is 30.3 Å². The minimum absolute atomic E-state index is 0.0661. The number of aromatic amines is 1. The summed E-state index contributed by atoms with van der Waals surface area (Å²) in [5.74, 6) is -3.11. The number of aromatic nitrogens is 1. The highest BCUT2D eigenvalue weighted by Crippen LogP contribution is 2.26. The second-order valence-corrected chi connectivity index (χ2v) is 13.5. The van der Waals surface area contributed by atoms with Crippen LogP contribution in [0.5, 0.6) is 5.75 Å². The van der Waals surface area contributed by atoms with Crippen LogP contribution in [0.3, 0.4) is 0 Å². The molecule has 50 heavy (non-hydrogen) atoms. The van der Waals surface area contributed by atoms with Gasteiger partial charge in [0.05, 0.1) is 11.3 Å². The van der Waals surface area contributed by atoms with Crippen molar-refractivity contribution in [1.29, 1.82) is 5.41 Å². The first kappa shape index (κ1) is 37.1. The van der Waals surface area contributed by atoms with Crippen molar-refractivity contribution in [2.45, 2.75) is 51.4 Å². The highest BCUT2D eigenvalue weighted by atomic mass is 32.2. The number of hydrogen-bond acceptors (Lipinski definition) is 8. The number of sulfonamides is 1. The third-order valence-electron chi connectivity index (χ3n) is 7.80. The number of carboxylic acid groups (broad SMARTS) is 1. The molecule has 0 bridgehead atoms. The van der Waals surface area contributed by atoms with Crippen LogP contribution in [0.25, 0.3) is 10.9 Å². The summed E-state index contributed by atoms with van der Waals surface area (Å²) in [4.78, 5) is 52.9. The first-order chi connectivity index (χ1) is 23.7. The quantitative estimate of drug-likeness (QED) is 0.0552. The fraction of sp³-hybridized carbons (Fsp3) is 0.265. The fourth-order valence-corrected chi connectivity index (χ4v) is 5.82. The van der Waals surface area contributed by atoms with E-state index >= 15 is 0 Å². The van der Waals surface area contributed by atoms with Crippen LogP contribution in [0.4, 0.5) is 0 Å². The van der Waals surface area contributed by atoms with Crippen LogP contribution < -0.4 is 31.6 Å². The lowest BCUT2D eigenvalue weighted by Crippen LogP contribution is -2.54. The zero-order chi connectivity index (χ0) is 36.4. The lowest BCUT2D eigenvalue weighted by atomic mass is 10.0. The van der Waals surface area contributed by atoms with Crippen molar-refractivity contribution in [3.63, 3.8) is 0 Å². The first-order valence-electron chi connectivity index (χ1n) is 15.6. The highest BCUT2D eigenvalue weighted by Gasteiger charge is 2.29. The Kier molecular flexibility index (Phi) is 12.3. The lowest BCUT2D eigenvalue weighted by Gasteiger charge is -2.23. The topological polar surface area (TPSA) is 260 Å². The number of H-pyrrole nitrogens is 1. The molecule has 4 rings (SSSR count). The number of amidine groups is 1. The van der Waals surface area contributed by atoms with E-state index in [1.807, 2.05) is 0 Å². The van der Waals surface area contributed by atoms with E-state index in [9.17, 15) is 32.7 Å². The molecule has 4 aromatic rings. The van der Waals surface area contributed by atoms with Gasteiger partial charge in [-0.2, -0.15) is 0 Å². The minimum atomic E-state index is -3.90. The minimum Gasteiger partial charge on any atom is -0.489 e. The molecule has 0 unspecified atom stereocenters. The molecular formula is C34H39N7O8S. The number of primary amides is 1. The Morgan fingerprint density at radius 2 is 1.68 bits per heavy atom. The number of carboxylic acids is 1. The van der Waals surface area contributed by atoms with E-state index in [-0.39, 0.29) is 49.6 Å². The van der Waals surface area contributed by atoms with Gasteiger partial charge in [-0.25, -0.2) is 17.9 Å². The van der Waals surface area contributed by atoms with Crippen LogP contribution in [0.1, 0.15) is 52.4 Å². The van der Waals surface area contributed by atoms with Crippen molar-refractivity contribution in [1.82, 2.24) is 20.3 Å². The van der Waals surface area contributed by atoms with Crippen LogP contribution in [0.15, 0.2) is 72.9 Å². The van der Waals surface area contributed by atoms with Crippen molar-refractivity contribution in [3.8, 4) is 5.75 Å². The Hall–Kier alpha value is -5.74. The monoisotopic (exact) mass is 705 g/mol. The van der Waals surface area contributed by atoms with Crippen LogP contribution in [-0.2, 0) is 44.0 Å². The van der Waals surface area contributed by atoms with E-state index < -0.39 is 45.8 Å². The number of rotatable bonds is 18. The molecule has 3 amide bonds. The molecule has 0 radical (unpaired) electrons. The molecule has 0 fully saturated rings. The number of nitrogen functional groups attached to an aromatic ring is 1. The Morgan fingerprint density at radius 3 is 2.34 bits per heavy atom. The third kappa shape index (κ3) is 10.4. The van der Waals surface area contributed by atoms with Gasteiger partial charge in [-0.3, -0.25) is 19.8 Å². The molecule has 0 aliphatic heterocycles. The average Bonchev–Trinajstić information content (AvgIpc) is 3.49. The lowest BCUT2D eigenvalue weighted by molar-refractivity contribution is -0.130. The van der Waals surface area contributed by atoms with Gasteiger partial charge in [-0.05, 0) is 66.8 Å². The van der Waals surface area contributed by atoms with E-state index in [0.717, 1.165) is 0 Å². The number of nitrogens with two attached hydrogens (primary N) is 2. The van der Waals surface area contributed by atoms with Gasteiger partial charge in [0, 0.05) is 35.6 Å². The second-order valence-electron chi connectivity index (χ2n) is 11.5. The molecule has 0 aliphatic rings. The summed E-state index contributed by atoms with van der Waals surface area (Å²) in [6.07, 6.45) is 1.18. The number of fused-ring (bicyclic) bond motifs is 1. The molecule has 0 spiro atoms. The molecule has 16 heteroatoms. The summed E-state index contributed by atoms with van der Waals surface area (Å²) in [7, 11) is -3.90. The number of amides is 3. The first-order valence-corrected chi connectivity index (χ1v) is 17.2. The molecule has 264 valence electrons. The maximum absolute atomic E-state index is 13.7. The van der Waals surface area contributed by atoms with E-state index in [2.05, 4.69) is 20.3 Å². The number of benzene rings is 3. The van der Waals surface area contributed by atoms with Gasteiger partial charge in [-0.1, -0.05) is 36.4 Å². The fourth-order valence-electron chi connectivity index (χ4n) is 5.03. The highest BCUT2D eigenvalue weighted by molar-refractivity contribution is 7.89. The van der Waals surface area contributed by atoms with Crippen molar-refractivity contribution >= 4 is 50.5 Å². The van der Waals surface area contributed by atoms with E-state index in [4.69, 9.17) is 21.6 Å². The summed E-state index contributed by atoms with van der Waals surface area (Å²) in [6, 6.07) is 15.6. The number of hydrogen-bond donors (Lipinski definition) is 8. The van der Waals surface area contributed by atoms with Crippen molar-refractivity contribution in [2.75, 3.05) is 5.75 Å². The Bertz CT molecular complexity index is 1990. The molecule has 15 nitrogen and oxygen atoms in total. The summed E-state index contributed by atoms with van der Waals surface area (Å²) in [6.45, 7) is 1.58. The third-order valence-corrected chi connectivity index (χ3v) is 9.21. The van der Waals surface area contributed by atoms with Crippen LogP contribution >= 0.6 is 0 Å². The average molecular weight is 706 g/mol. The number of carbonyl (C=O) groups excluding carboxylic acids is 3. The largest absolute Gasteiger partial charge is 0.489 e. The SMILES string of the molecule is CCS(=O)(=O)N[C@H](Cc1c[nH]c2ccc(OCc3cccc(C(=O)O)c3)cc12)C(=O)N[C@H](CCC(N)=O)C(=O)NCc1ccc(C(=N)N)cc1. The molecule has 0 saturated heterocycles. The van der Waals surface area contributed by atoms with Gasteiger partial charge in [-0.15, -0.1) is 0 Å². The van der Waals surface area contributed by atoms with Crippen LogP contribution in [0.2, 0.25) is 0 Å². The smallest absolute Gasteiger partial charge is 0.335 e. The Morgan fingerprint density at radius 1 is 0.940 bits per heavy atom. The maximum atomic E-state index is 13.7. The standard InChI is InChI=1S/C34H39N7O8S/c1-2-50(47,48)41-29(33(44)40-28(12-13-30(35)42)32(43)39-17-20-6-8-22(9-7-20)31(36)37)15-24-18-38-27-11-10-25(16-26(24)27)49-19-21-4-3-5-23(14-21)34(45)46/h3-11,14,16,18,28-29,38,41H,2,12-13,15,17,19H2,1H3,(H2,35,42)(H3,36,37)(H,39,43)(H,40,44)(H,45,46)/t28-,29-/m1/s1. The number of nitrogens with one attached hydrogen (secondary N) is 5. The normalized spacial score (nSPS) is 12.5. The summed E-state index contributed by atoms with van der Waals surface area (Å²) >= 11 is 0. The van der Waals surface area contributed by atoms with E-state index in [1.54, 1.807) is 60.8 Å². The second kappa shape index (κ2) is 16.6. The Balaban J connectivity index is 1.52. The predicted octanol–water partition coefficient (Wildman–Crippen LogP) is 1.65. The molecular weight excluding hydrogens is 666 g/mol. The Labute approximate surface area is 288 Å². The van der Waals surface area contributed by atoms with Gasteiger partial charge in [0.2, 0.25) is 27.7 Å². The van der Waals surface area contributed by atoms with Gasteiger partial charge >= 0.3 is 5.97 Å². The summed E-state index contributed by atoms with van der Waals surface area (Å²) in [5, 5.41) is 22.7. The molecule has 2 atom stereocenters. The van der Waals surface area contributed by atoms with E-state index in [1.165, 1.54) is 19.1 Å². The zero-order valence-electron chi connectivity index (χ0n) is 27.2. The molecule has 1 aromatic heterocycles. The van der Waals surface area contributed by atoms with Crippen molar-refractivity contribution < 1.29 is 37.4 Å². The molecule has 1 heterocycles. The number of ether oxygens (including phenoxy) is 1. The molecule has 10 N–H and O–H groups in total. The number of aromatic carboxylic acids is 1. The van der Waals surface area contributed by atoms with Crippen LogP contribution in [0, 0.1) is 5.41 Å². The van der Waals surface area contributed by atoms with Crippen LogP contribution in [-0.4, -0.2) is 65.9 Å². The molecule has 0 aliphatic carbocycles. The van der Waals surface area contributed by atoms with Gasteiger partial charge in [0.15, 0.2) is 0 Å². The van der Waals surface area contributed by atoms with E-state index in [0.29, 0.717) is 38.9 Å². The molecule has 3 aromatic carbocycles. The summed E-state index contributed by atoms with van der Waals surface area (Å²) < 4.78 is 33.7. The van der Waals surface area contributed by atoms with Crippen molar-refractivity contribution in [3.05, 3.63) is 101 Å². The van der Waals surface area contributed by atoms with Crippen molar-refractivity contribution in [2.24, 2.45) is 11.5 Å². The summed E-state index contributed by atoms with van der Waals surface area (Å²) in [5.41, 5.74) is 14.0. The molecule has 0 saturated carbocycles. The number of carbonyl (C=O) groups is 4. The zero-order valence-corrected chi connectivity index (χ0v) is 28.0. The maximum Gasteiger partial charge on any atom is 0.335 e. The predicted molar refractivity (Wildman–Crippen MR) is 186 cm³/mol.